The first-order valence-electron chi connectivity index (χ1n) is 9.74. The highest BCUT2D eigenvalue weighted by molar-refractivity contribution is 5.96. The molecule has 0 fully saturated rings. The summed E-state index contributed by atoms with van der Waals surface area (Å²) in [6.07, 6.45) is 1.31. The molecule has 2 N–H and O–H groups in total. The van der Waals surface area contributed by atoms with Crippen molar-refractivity contribution >= 4 is 27.8 Å². The fraction of sp³-hybridized carbons (Fsp3) is 0.238. The molecule has 11 nitrogen and oxygen atoms in total. The van der Waals surface area contributed by atoms with Crippen LogP contribution in [0.3, 0.4) is 0 Å². The molecule has 3 heterocycles. The van der Waals surface area contributed by atoms with Crippen LogP contribution in [-0.2, 0) is 18.3 Å². The van der Waals surface area contributed by atoms with Crippen molar-refractivity contribution in [3.8, 4) is 0 Å². The predicted molar refractivity (Wildman–Crippen MR) is 117 cm³/mol. The number of nitrogens with zero attached hydrogens (tertiary/aromatic N) is 4. The van der Waals surface area contributed by atoms with E-state index in [1.165, 1.54) is 35.9 Å². The lowest BCUT2D eigenvalue weighted by Gasteiger charge is -2.22. The van der Waals surface area contributed by atoms with Crippen molar-refractivity contribution in [3.05, 3.63) is 79.1 Å². The number of benzene rings is 1. The van der Waals surface area contributed by atoms with E-state index >= 15 is 0 Å². The molecule has 1 aromatic carbocycles. The summed E-state index contributed by atoms with van der Waals surface area (Å²) in [7, 11) is 2.98. The Hall–Kier alpha value is -4.12. The summed E-state index contributed by atoms with van der Waals surface area (Å²) in [5.41, 5.74) is -0.689. The van der Waals surface area contributed by atoms with Crippen LogP contribution < -0.4 is 16.8 Å². The van der Waals surface area contributed by atoms with Crippen molar-refractivity contribution in [2.75, 3.05) is 20.3 Å². The van der Waals surface area contributed by atoms with E-state index < -0.39 is 17.2 Å². The summed E-state index contributed by atoms with van der Waals surface area (Å²) in [5, 5.41) is 0.566. The minimum atomic E-state index is -0.630. The molecule has 0 unspecified atom stereocenters. The summed E-state index contributed by atoms with van der Waals surface area (Å²) >= 11 is 0. The molecule has 0 atom stereocenters. The highest BCUT2D eigenvalue weighted by atomic mass is 16.5. The van der Waals surface area contributed by atoms with Crippen LogP contribution in [0.1, 0.15) is 16.2 Å². The van der Waals surface area contributed by atoms with E-state index in [2.05, 4.69) is 19.9 Å². The van der Waals surface area contributed by atoms with Gasteiger partial charge in [0, 0.05) is 26.9 Å². The molecule has 0 bridgehead atoms. The highest BCUT2D eigenvalue weighted by Crippen LogP contribution is 2.13. The van der Waals surface area contributed by atoms with Crippen LogP contribution in [0.25, 0.3) is 21.9 Å². The van der Waals surface area contributed by atoms with E-state index in [9.17, 15) is 19.2 Å². The fourth-order valence-electron chi connectivity index (χ4n) is 3.38. The van der Waals surface area contributed by atoms with Crippen LogP contribution in [0.2, 0.25) is 0 Å². The monoisotopic (exact) mass is 436 g/mol. The van der Waals surface area contributed by atoms with Gasteiger partial charge in [-0.3, -0.25) is 23.9 Å². The molecule has 0 aliphatic heterocycles. The van der Waals surface area contributed by atoms with Gasteiger partial charge in [0.2, 0.25) is 0 Å². The Morgan fingerprint density at radius 2 is 1.88 bits per heavy atom. The molecule has 11 heteroatoms. The molecule has 0 spiro atoms. The maximum Gasteiger partial charge on any atom is 0.329 e. The van der Waals surface area contributed by atoms with E-state index in [0.717, 1.165) is 0 Å². The summed E-state index contributed by atoms with van der Waals surface area (Å²) in [6.45, 7) is 0.483. The Morgan fingerprint density at radius 3 is 2.66 bits per heavy atom. The molecule has 0 saturated heterocycles. The third-order valence-electron chi connectivity index (χ3n) is 5.06. The lowest BCUT2D eigenvalue weighted by atomic mass is 10.2. The molecule has 4 aromatic rings. The number of aromatic nitrogens is 5. The molecule has 0 aliphatic rings. The molecular weight excluding hydrogens is 416 g/mol. The lowest BCUT2D eigenvalue weighted by Crippen LogP contribution is -2.35. The van der Waals surface area contributed by atoms with E-state index in [4.69, 9.17) is 4.74 Å². The highest BCUT2D eigenvalue weighted by Gasteiger charge is 2.20. The van der Waals surface area contributed by atoms with Crippen LogP contribution in [0.4, 0.5) is 0 Å². The Morgan fingerprint density at radius 1 is 1.12 bits per heavy atom. The second kappa shape index (κ2) is 8.55. The van der Waals surface area contributed by atoms with Crippen LogP contribution in [0.5, 0.6) is 0 Å². The smallest absolute Gasteiger partial charge is 0.329 e. The maximum atomic E-state index is 13.2. The fourth-order valence-corrected chi connectivity index (χ4v) is 3.38. The Kier molecular flexibility index (Phi) is 5.65. The van der Waals surface area contributed by atoms with Gasteiger partial charge in [-0.05, 0) is 18.2 Å². The molecule has 164 valence electrons. The first-order chi connectivity index (χ1) is 15.4. The van der Waals surface area contributed by atoms with Crippen LogP contribution in [0, 0.1) is 0 Å². The average Bonchev–Trinajstić information content (AvgIpc) is 2.79. The molecule has 1 amide bonds. The van der Waals surface area contributed by atoms with Gasteiger partial charge >= 0.3 is 5.69 Å². The van der Waals surface area contributed by atoms with Crippen LogP contribution >= 0.6 is 0 Å². The number of hydrogen-bond acceptors (Lipinski definition) is 7. The SMILES string of the molecule is COCCN(Cc1nc2ccccc2c(=O)[nH]1)C(=O)c1cnc2c(c1)c(=O)[nH]c(=O)n2C. The molecule has 0 radical (unpaired) electrons. The zero-order chi connectivity index (χ0) is 22.8. The van der Waals surface area contributed by atoms with Crippen molar-refractivity contribution in [2.24, 2.45) is 7.05 Å². The van der Waals surface area contributed by atoms with Gasteiger partial charge in [-0.1, -0.05) is 12.1 Å². The van der Waals surface area contributed by atoms with Crippen LogP contribution in [0.15, 0.2) is 50.9 Å². The largest absolute Gasteiger partial charge is 0.383 e. The Balaban J connectivity index is 1.72. The van der Waals surface area contributed by atoms with Gasteiger partial charge in [-0.15, -0.1) is 0 Å². The van der Waals surface area contributed by atoms with Gasteiger partial charge in [0.1, 0.15) is 11.5 Å². The van der Waals surface area contributed by atoms with Gasteiger partial charge in [-0.25, -0.2) is 14.8 Å². The summed E-state index contributed by atoms with van der Waals surface area (Å²) < 4.78 is 6.31. The van der Waals surface area contributed by atoms with E-state index in [1.54, 1.807) is 24.3 Å². The summed E-state index contributed by atoms with van der Waals surface area (Å²) in [5.74, 6) is -0.118. The number of carbonyl (C=O) groups excluding carboxylic acids is 1. The van der Waals surface area contributed by atoms with Gasteiger partial charge in [-0.2, -0.15) is 0 Å². The topological polar surface area (TPSA) is 143 Å². The third-order valence-corrected chi connectivity index (χ3v) is 5.06. The molecule has 0 aliphatic carbocycles. The number of hydrogen-bond donors (Lipinski definition) is 2. The Bertz CT molecular complexity index is 1500. The van der Waals surface area contributed by atoms with Crippen LogP contribution in [-0.4, -0.2) is 55.6 Å². The molecule has 0 saturated carbocycles. The van der Waals surface area contributed by atoms with Crippen molar-refractivity contribution in [2.45, 2.75) is 6.54 Å². The predicted octanol–water partition coefficient (Wildman–Crippen LogP) is 0.147. The van der Waals surface area contributed by atoms with Gasteiger partial charge in [0.05, 0.1) is 35.0 Å². The minimum absolute atomic E-state index is 0.0178. The normalized spacial score (nSPS) is 11.2. The van der Waals surface area contributed by atoms with E-state index in [0.29, 0.717) is 16.7 Å². The number of H-pyrrole nitrogens is 2. The number of aromatic amines is 2. The van der Waals surface area contributed by atoms with E-state index in [1.807, 2.05) is 0 Å². The number of carbonyl (C=O) groups is 1. The zero-order valence-electron chi connectivity index (χ0n) is 17.4. The minimum Gasteiger partial charge on any atom is -0.383 e. The molecule has 32 heavy (non-hydrogen) atoms. The van der Waals surface area contributed by atoms with Gasteiger partial charge < -0.3 is 14.6 Å². The van der Waals surface area contributed by atoms with E-state index in [-0.39, 0.29) is 41.9 Å². The summed E-state index contributed by atoms with van der Waals surface area (Å²) in [6, 6.07) is 8.30. The van der Waals surface area contributed by atoms with Gasteiger partial charge in [0.25, 0.3) is 17.0 Å². The molecule has 3 aromatic heterocycles. The average molecular weight is 436 g/mol. The zero-order valence-corrected chi connectivity index (χ0v) is 17.4. The van der Waals surface area contributed by atoms with Crippen molar-refractivity contribution in [3.63, 3.8) is 0 Å². The maximum absolute atomic E-state index is 13.2. The number of rotatable bonds is 6. The van der Waals surface area contributed by atoms with Gasteiger partial charge in [0.15, 0.2) is 0 Å². The molecular formula is C21H20N6O5. The van der Waals surface area contributed by atoms with Crippen molar-refractivity contribution in [1.82, 2.24) is 29.4 Å². The number of ether oxygens (including phenoxy) is 1. The number of para-hydroxylation sites is 1. The standard InChI is InChI=1S/C21H20N6O5/c1-26-17-14(19(29)25-21(26)31)9-12(10-22-17)20(30)27(7-8-32-2)11-16-23-15-6-4-3-5-13(15)18(28)24-16/h3-6,9-10H,7-8,11H2,1-2H3,(H,23,24,28)(H,25,29,31). The first kappa shape index (κ1) is 21.1. The quantitative estimate of drug-likeness (QED) is 0.438. The first-order valence-corrected chi connectivity index (χ1v) is 9.74. The third kappa shape index (κ3) is 3.93. The summed E-state index contributed by atoms with van der Waals surface area (Å²) in [4.78, 5) is 64.5. The lowest BCUT2D eigenvalue weighted by molar-refractivity contribution is 0.0675. The number of nitrogens with one attached hydrogen (secondary N) is 2. The second-order valence-corrected chi connectivity index (χ2v) is 7.16. The number of methoxy groups -OCH3 is 1. The number of pyridine rings is 1. The second-order valence-electron chi connectivity index (χ2n) is 7.16. The number of amides is 1. The number of fused-ring (bicyclic) bond motifs is 2. The van der Waals surface area contributed by atoms with Crippen molar-refractivity contribution in [1.29, 1.82) is 0 Å². The van der Waals surface area contributed by atoms with Crippen molar-refractivity contribution < 1.29 is 9.53 Å². The Labute approximate surface area is 180 Å². The number of aryl methyl sites for hydroxylation is 1. The molecule has 4 rings (SSSR count).